The molecule has 0 aliphatic rings. The summed E-state index contributed by atoms with van der Waals surface area (Å²) in [5.41, 5.74) is 9.07. The average molecular weight is 977 g/mol. The number of hydrogen-bond acceptors (Lipinski definition) is 6. The van der Waals surface area contributed by atoms with Crippen molar-refractivity contribution >= 4 is 66.4 Å². The predicted octanol–water partition coefficient (Wildman–Crippen LogP) is 18.0. The molecule has 0 unspecified atom stereocenters. The lowest BCUT2D eigenvalue weighted by molar-refractivity contribution is 0.629. The van der Waals surface area contributed by atoms with Crippen molar-refractivity contribution in [3.05, 3.63) is 264 Å². The number of benzene rings is 12. The highest BCUT2D eigenvalue weighted by Gasteiger charge is 2.28. The fourth-order valence-electron chi connectivity index (χ4n) is 10.7. The van der Waals surface area contributed by atoms with Gasteiger partial charge in [-0.1, -0.05) is 146 Å². The van der Waals surface area contributed by atoms with Gasteiger partial charge in [0.25, 0.3) is 0 Å². The number of nitrogens with zero attached hydrogens (tertiary/aromatic N) is 6. The first-order valence-electron chi connectivity index (χ1n) is 24.4. The van der Waals surface area contributed by atoms with Crippen molar-refractivity contribution in [1.82, 2.24) is 0 Å². The van der Waals surface area contributed by atoms with Gasteiger partial charge in [0.1, 0.15) is 11.6 Å². The number of anilines is 6. The summed E-state index contributed by atoms with van der Waals surface area (Å²) in [5.74, 6) is -1.09. The van der Waals surface area contributed by atoms with Gasteiger partial charge in [-0.3, -0.25) is 0 Å². The maximum absolute atomic E-state index is 17.6. The Morgan fingerprint density at radius 1 is 0.276 bits per heavy atom. The van der Waals surface area contributed by atoms with Crippen LogP contribution in [0.3, 0.4) is 0 Å². The minimum atomic E-state index is -0.544. The van der Waals surface area contributed by atoms with Gasteiger partial charge in [0.15, 0.2) is 0 Å². The van der Waals surface area contributed by atoms with Gasteiger partial charge >= 0.3 is 0 Å². The van der Waals surface area contributed by atoms with Crippen LogP contribution < -0.4 is 9.80 Å². The lowest BCUT2D eigenvalue weighted by Crippen LogP contribution is -2.14. The van der Waals surface area contributed by atoms with Crippen LogP contribution in [0.4, 0.5) is 42.9 Å². The van der Waals surface area contributed by atoms with Crippen LogP contribution in [0.25, 0.3) is 76.8 Å². The number of hydrogen-bond donors (Lipinski definition) is 0. The fraction of sp³-hybridized carbons (Fsp3) is 0. The fourth-order valence-corrected chi connectivity index (χ4v) is 10.7. The molecule has 0 saturated heterocycles. The minimum Gasteiger partial charge on any atom is -0.307 e. The van der Waals surface area contributed by atoms with E-state index >= 15 is 8.78 Å². The second-order valence-corrected chi connectivity index (χ2v) is 18.3. The van der Waals surface area contributed by atoms with Crippen molar-refractivity contribution in [3.8, 4) is 68.8 Å². The van der Waals surface area contributed by atoms with E-state index in [1.54, 1.807) is 72.8 Å². The van der Waals surface area contributed by atoms with Crippen molar-refractivity contribution in [2.75, 3.05) is 9.80 Å². The van der Waals surface area contributed by atoms with Crippen LogP contribution in [0, 0.1) is 57.0 Å². The third kappa shape index (κ3) is 7.76. The van der Waals surface area contributed by atoms with Gasteiger partial charge in [0.05, 0.1) is 69.3 Å². The minimum absolute atomic E-state index is 0.225. The molecular weight excluding hydrogens is 939 g/mol. The third-order valence-electron chi connectivity index (χ3n) is 14.1. The van der Waals surface area contributed by atoms with Gasteiger partial charge in [0.2, 0.25) is 0 Å². The highest BCUT2D eigenvalue weighted by atomic mass is 19.1. The highest BCUT2D eigenvalue weighted by Crippen LogP contribution is 2.51. The van der Waals surface area contributed by atoms with Gasteiger partial charge < -0.3 is 9.80 Å². The Labute approximate surface area is 437 Å². The summed E-state index contributed by atoms with van der Waals surface area (Å²) in [4.78, 5) is 3.80. The first kappa shape index (κ1) is 46.2. The van der Waals surface area contributed by atoms with Crippen LogP contribution in [0.5, 0.6) is 0 Å². The normalized spacial score (nSPS) is 11.0. The van der Waals surface area contributed by atoms with E-state index in [-0.39, 0.29) is 11.4 Å². The summed E-state index contributed by atoms with van der Waals surface area (Å²) >= 11 is 0. The molecule has 354 valence electrons. The molecule has 0 aliphatic carbocycles. The molecule has 12 rings (SSSR count). The smallest absolute Gasteiger partial charge is 0.147 e. The van der Waals surface area contributed by atoms with E-state index in [9.17, 15) is 21.0 Å². The van der Waals surface area contributed by atoms with Crippen LogP contribution in [0.15, 0.2) is 231 Å². The summed E-state index contributed by atoms with van der Waals surface area (Å²) in [6.45, 7) is 0. The number of halogens is 2. The molecule has 76 heavy (non-hydrogen) atoms. The van der Waals surface area contributed by atoms with Crippen LogP contribution in [0.1, 0.15) is 22.3 Å². The Morgan fingerprint density at radius 2 is 0.566 bits per heavy atom. The van der Waals surface area contributed by atoms with E-state index in [0.29, 0.717) is 89.5 Å². The summed E-state index contributed by atoms with van der Waals surface area (Å²) in [6.07, 6.45) is 0. The Kier molecular flexibility index (Phi) is 11.7. The first-order valence-corrected chi connectivity index (χ1v) is 24.4. The van der Waals surface area contributed by atoms with E-state index in [1.165, 1.54) is 12.1 Å². The summed E-state index contributed by atoms with van der Waals surface area (Å²) in [6, 6.07) is 79.6. The SMILES string of the molecule is N#Cc1ccccc1-c1cc(F)c(N(c2ccccc2)c2ccc3ccc4c(N(c5ccccc5)c5cc(-c6ccccc6C#N)c(-c6ccccc6C#N)cc5F)ccc5ccc2c3c54)cc1-c1ccccc1C#N. The molecule has 12 aromatic rings. The van der Waals surface area contributed by atoms with Crippen LogP contribution >= 0.6 is 0 Å². The molecule has 0 aromatic heterocycles. The first-order chi connectivity index (χ1) is 37.4. The lowest BCUT2D eigenvalue weighted by atomic mass is 9.88. The maximum atomic E-state index is 17.6. The van der Waals surface area contributed by atoms with Crippen molar-refractivity contribution in [2.45, 2.75) is 0 Å². The predicted molar refractivity (Wildman–Crippen MR) is 300 cm³/mol. The van der Waals surface area contributed by atoms with E-state index in [2.05, 4.69) is 48.5 Å². The molecule has 0 amide bonds. The second kappa shape index (κ2) is 19.3. The molecule has 0 N–H and O–H groups in total. The van der Waals surface area contributed by atoms with Crippen LogP contribution in [-0.4, -0.2) is 0 Å². The molecule has 0 bridgehead atoms. The lowest BCUT2D eigenvalue weighted by Gasteiger charge is -2.30. The highest BCUT2D eigenvalue weighted by molar-refractivity contribution is 6.28. The standard InChI is InChI=1S/C68H38F2N6/c69-61-35-57(51-23-11-7-15-45(51)39-71)59(53-25-13-9-17-47(53)41-73)37-65(61)75(49-19-3-1-4-20-49)63-33-29-43-28-32-56-64(34-30-44-27-31-55(63)67(43)68(44)56)76(50-21-5-2-6-22-50)66-38-60(54-26-14-10-18-48(54)42-74)58(36-62(66)70)52-24-12-8-16-46(52)40-72/h1-38H. The molecule has 0 fully saturated rings. The van der Waals surface area contributed by atoms with E-state index in [1.807, 2.05) is 131 Å². The molecule has 0 radical (unpaired) electrons. The molecule has 0 aliphatic heterocycles. The van der Waals surface area contributed by atoms with Crippen molar-refractivity contribution in [3.63, 3.8) is 0 Å². The molecule has 12 aromatic carbocycles. The third-order valence-corrected chi connectivity index (χ3v) is 14.1. The van der Waals surface area contributed by atoms with Gasteiger partial charge in [-0.05, 0) is 129 Å². The van der Waals surface area contributed by atoms with Gasteiger partial charge in [-0.25, -0.2) is 8.78 Å². The molecule has 0 saturated carbocycles. The van der Waals surface area contributed by atoms with Crippen molar-refractivity contribution in [1.29, 1.82) is 21.0 Å². The Balaban J connectivity index is 1.11. The number of nitriles is 4. The molecule has 6 nitrogen and oxygen atoms in total. The Hall–Kier alpha value is -10.9. The molecule has 0 heterocycles. The zero-order valence-electron chi connectivity index (χ0n) is 40.4. The van der Waals surface area contributed by atoms with Crippen LogP contribution in [-0.2, 0) is 0 Å². The topological polar surface area (TPSA) is 102 Å². The molecular formula is C68H38F2N6. The van der Waals surface area contributed by atoms with Crippen molar-refractivity contribution in [2.24, 2.45) is 0 Å². The van der Waals surface area contributed by atoms with Crippen molar-refractivity contribution < 1.29 is 8.78 Å². The maximum Gasteiger partial charge on any atom is 0.147 e. The van der Waals surface area contributed by atoms with Gasteiger partial charge in [0, 0.05) is 44.4 Å². The van der Waals surface area contributed by atoms with E-state index in [4.69, 9.17) is 0 Å². The molecule has 0 atom stereocenters. The Bertz CT molecular complexity index is 4160. The molecule has 0 spiro atoms. The summed E-state index contributed by atoms with van der Waals surface area (Å²) in [5, 5.41) is 46.6. The van der Waals surface area contributed by atoms with E-state index < -0.39 is 11.6 Å². The zero-order valence-corrected chi connectivity index (χ0v) is 40.4. The second-order valence-electron chi connectivity index (χ2n) is 18.3. The molecule has 8 heteroatoms. The number of para-hydroxylation sites is 2. The Morgan fingerprint density at radius 3 is 0.895 bits per heavy atom. The summed E-state index contributed by atoms with van der Waals surface area (Å²) < 4.78 is 35.3. The van der Waals surface area contributed by atoms with E-state index in [0.717, 1.165) is 32.3 Å². The van der Waals surface area contributed by atoms with Gasteiger partial charge in [-0.15, -0.1) is 0 Å². The zero-order chi connectivity index (χ0) is 51.9. The monoisotopic (exact) mass is 976 g/mol. The quantitative estimate of drug-likeness (QED) is 0.127. The summed E-state index contributed by atoms with van der Waals surface area (Å²) in [7, 11) is 0. The largest absolute Gasteiger partial charge is 0.307 e. The van der Waals surface area contributed by atoms with Gasteiger partial charge in [-0.2, -0.15) is 21.0 Å². The average Bonchev–Trinajstić information content (AvgIpc) is 3.48. The van der Waals surface area contributed by atoms with Crippen LogP contribution in [0.2, 0.25) is 0 Å². The number of rotatable bonds is 10.